The Balaban J connectivity index is 2.08. The maximum absolute atomic E-state index is 14.2. The van der Waals surface area contributed by atoms with Crippen LogP contribution in [0.1, 0.15) is 10.9 Å². The van der Waals surface area contributed by atoms with Crippen molar-refractivity contribution in [2.24, 2.45) is 0 Å². The van der Waals surface area contributed by atoms with Crippen molar-refractivity contribution in [1.29, 1.82) is 0 Å². The van der Waals surface area contributed by atoms with Crippen molar-refractivity contribution in [3.05, 3.63) is 63.3 Å². The van der Waals surface area contributed by atoms with Crippen molar-refractivity contribution in [3.8, 4) is 0 Å². The Morgan fingerprint density at radius 2 is 2.05 bits per heavy atom. The molecule has 0 radical (unpaired) electrons. The number of hydrogen-bond acceptors (Lipinski definition) is 2. The highest BCUT2D eigenvalue weighted by atomic mass is 79.9. The van der Waals surface area contributed by atoms with Crippen LogP contribution in [0.3, 0.4) is 0 Å². The van der Waals surface area contributed by atoms with E-state index in [-0.39, 0.29) is 5.91 Å². The van der Waals surface area contributed by atoms with Crippen molar-refractivity contribution in [3.63, 3.8) is 0 Å². The summed E-state index contributed by atoms with van der Waals surface area (Å²) in [6.45, 7) is 0. The number of amides is 1. The summed E-state index contributed by atoms with van der Waals surface area (Å²) < 4.78 is 15.0. The molecule has 1 atom stereocenters. The van der Waals surface area contributed by atoms with E-state index in [1.807, 2.05) is 24.3 Å². The van der Waals surface area contributed by atoms with Gasteiger partial charge in [-0.1, -0.05) is 39.7 Å². The van der Waals surface area contributed by atoms with Crippen LogP contribution in [0.4, 0.5) is 10.1 Å². The molecule has 0 saturated carbocycles. The van der Waals surface area contributed by atoms with Crippen molar-refractivity contribution < 1.29 is 9.18 Å². The maximum Gasteiger partial charge on any atom is 0.238 e. The third kappa shape index (κ3) is 2.82. The first kappa shape index (κ1) is 14.9. The van der Waals surface area contributed by atoms with Gasteiger partial charge in [0.05, 0.1) is 5.75 Å². The van der Waals surface area contributed by atoms with E-state index in [1.54, 1.807) is 17.0 Å². The smallest absolute Gasteiger partial charge is 0.238 e. The molecule has 2 aromatic rings. The SMILES string of the molecule is O=C1CSC(c2c(F)cccc2Cl)N1c1cccc(Br)c1. The zero-order chi connectivity index (χ0) is 15.0. The first-order valence-electron chi connectivity index (χ1n) is 6.21. The Kier molecular flexibility index (Phi) is 4.24. The fourth-order valence-corrected chi connectivity index (χ4v) is 4.24. The highest BCUT2D eigenvalue weighted by Crippen LogP contribution is 2.45. The van der Waals surface area contributed by atoms with Crippen LogP contribution in [0, 0.1) is 5.82 Å². The molecule has 2 aromatic carbocycles. The summed E-state index contributed by atoms with van der Waals surface area (Å²) in [4.78, 5) is 13.8. The first-order valence-corrected chi connectivity index (χ1v) is 8.43. The molecule has 0 N–H and O–H groups in total. The Labute approximate surface area is 139 Å². The van der Waals surface area contributed by atoms with Gasteiger partial charge in [0.25, 0.3) is 0 Å². The summed E-state index contributed by atoms with van der Waals surface area (Å²) in [6, 6.07) is 12.0. The Bertz CT molecular complexity index is 692. The zero-order valence-electron chi connectivity index (χ0n) is 10.7. The van der Waals surface area contributed by atoms with Crippen LogP contribution < -0.4 is 4.90 Å². The van der Waals surface area contributed by atoms with Gasteiger partial charge in [0, 0.05) is 20.7 Å². The predicted octanol–water partition coefficient (Wildman–Crippen LogP) is 5.02. The molecule has 0 bridgehead atoms. The van der Waals surface area contributed by atoms with Crippen LogP contribution in [0.2, 0.25) is 5.02 Å². The lowest BCUT2D eigenvalue weighted by molar-refractivity contribution is -0.115. The molecule has 1 unspecified atom stereocenters. The highest BCUT2D eigenvalue weighted by molar-refractivity contribution is 9.10. The standard InChI is InChI=1S/C15H10BrClFNOS/c16-9-3-1-4-10(7-9)19-13(20)8-21-15(19)14-11(17)5-2-6-12(14)18/h1-7,15H,8H2. The molecule has 0 spiro atoms. The van der Waals surface area contributed by atoms with Crippen LogP contribution in [-0.4, -0.2) is 11.7 Å². The molecule has 1 saturated heterocycles. The minimum atomic E-state index is -0.444. The van der Waals surface area contributed by atoms with Gasteiger partial charge in [0.1, 0.15) is 11.2 Å². The molecule has 1 fully saturated rings. The van der Waals surface area contributed by atoms with E-state index in [0.29, 0.717) is 16.3 Å². The molecule has 1 aliphatic heterocycles. The second kappa shape index (κ2) is 5.99. The molecule has 3 rings (SSSR count). The quantitative estimate of drug-likeness (QED) is 0.722. The van der Waals surface area contributed by atoms with E-state index in [1.165, 1.54) is 17.8 Å². The number of carbonyl (C=O) groups excluding carboxylic acids is 1. The molecule has 21 heavy (non-hydrogen) atoms. The van der Waals surface area contributed by atoms with E-state index < -0.39 is 11.2 Å². The van der Waals surface area contributed by atoms with Crippen molar-refractivity contribution >= 4 is 50.9 Å². The molecule has 0 aliphatic carbocycles. The molecular formula is C15H10BrClFNOS. The van der Waals surface area contributed by atoms with E-state index in [0.717, 1.165) is 10.2 Å². The fourth-order valence-electron chi connectivity index (χ4n) is 2.29. The Morgan fingerprint density at radius 3 is 2.76 bits per heavy atom. The van der Waals surface area contributed by atoms with Gasteiger partial charge in [0.15, 0.2) is 0 Å². The number of anilines is 1. The van der Waals surface area contributed by atoms with Gasteiger partial charge in [-0.2, -0.15) is 0 Å². The number of benzene rings is 2. The van der Waals surface area contributed by atoms with Crippen molar-refractivity contribution in [2.45, 2.75) is 5.37 Å². The fraction of sp³-hybridized carbons (Fsp3) is 0.133. The van der Waals surface area contributed by atoms with Gasteiger partial charge in [-0.3, -0.25) is 9.69 Å². The molecular weight excluding hydrogens is 377 g/mol. The summed E-state index contributed by atoms with van der Waals surface area (Å²) in [5.41, 5.74) is 1.08. The normalized spacial score (nSPS) is 18.3. The van der Waals surface area contributed by atoms with E-state index in [9.17, 15) is 9.18 Å². The van der Waals surface area contributed by atoms with Gasteiger partial charge in [-0.25, -0.2) is 4.39 Å². The minimum Gasteiger partial charge on any atom is -0.295 e. The lowest BCUT2D eigenvalue weighted by Gasteiger charge is -2.25. The predicted molar refractivity (Wildman–Crippen MR) is 88.2 cm³/mol. The molecule has 2 nitrogen and oxygen atoms in total. The molecule has 108 valence electrons. The lowest BCUT2D eigenvalue weighted by Crippen LogP contribution is -2.28. The molecule has 0 aromatic heterocycles. The minimum absolute atomic E-state index is 0.0533. The zero-order valence-corrected chi connectivity index (χ0v) is 13.9. The van der Waals surface area contributed by atoms with Gasteiger partial charge < -0.3 is 0 Å². The Hall–Kier alpha value is -1.04. The van der Waals surface area contributed by atoms with Crippen molar-refractivity contribution in [1.82, 2.24) is 0 Å². The second-order valence-electron chi connectivity index (χ2n) is 4.54. The summed E-state index contributed by atoms with van der Waals surface area (Å²) in [5, 5.41) is -0.109. The number of hydrogen-bond donors (Lipinski definition) is 0. The number of halogens is 3. The number of thioether (sulfide) groups is 1. The van der Waals surface area contributed by atoms with E-state index >= 15 is 0 Å². The highest BCUT2D eigenvalue weighted by Gasteiger charge is 2.36. The van der Waals surface area contributed by atoms with Crippen LogP contribution >= 0.6 is 39.3 Å². The van der Waals surface area contributed by atoms with Gasteiger partial charge in [0.2, 0.25) is 5.91 Å². The number of nitrogens with zero attached hydrogens (tertiary/aromatic N) is 1. The van der Waals surface area contributed by atoms with Crippen molar-refractivity contribution in [2.75, 3.05) is 10.7 Å². The van der Waals surface area contributed by atoms with Crippen LogP contribution in [-0.2, 0) is 4.79 Å². The average molecular weight is 387 g/mol. The molecule has 6 heteroatoms. The van der Waals surface area contributed by atoms with Gasteiger partial charge in [-0.05, 0) is 30.3 Å². The first-order chi connectivity index (χ1) is 10.1. The van der Waals surface area contributed by atoms with Crippen LogP contribution in [0.5, 0.6) is 0 Å². The molecule has 1 aliphatic rings. The van der Waals surface area contributed by atoms with Gasteiger partial charge >= 0.3 is 0 Å². The van der Waals surface area contributed by atoms with E-state index in [4.69, 9.17) is 11.6 Å². The number of carbonyl (C=O) groups is 1. The van der Waals surface area contributed by atoms with Gasteiger partial charge in [-0.15, -0.1) is 11.8 Å². The summed E-state index contributed by atoms with van der Waals surface area (Å²) in [5.74, 6) is -0.140. The summed E-state index contributed by atoms with van der Waals surface area (Å²) in [6.07, 6.45) is 0. The maximum atomic E-state index is 14.2. The lowest BCUT2D eigenvalue weighted by atomic mass is 10.1. The second-order valence-corrected chi connectivity index (χ2v) is 6.93. The van der Waals surface area contributed by atoms with Crippen LogP contribution in [0.15, 0.2) is 46.9 Å². The third-order valence-electron chi connectivity index (χ3n) is 3.20. The number of rotatable bonds is 2. The largest absolute Gasteiger partial charge is 0.295 e. The molecule has 1 heterocycles. The molecule has 1 amide bonds. The van der Waals surface area contributed by atoms with Crippen LogP contribution in [0.25, 0.3) is 0 Å². The summed E-state index contributed by atoms with van der Waals surface area (Å²) in [7, 11) is 0. The average Bonchev–Trinajstić information content (AvgIpc) is 2.80. The third-order valence-corrected chi connectivity index (χ3v) is 5.20. The van der Waals surface area contributed by atoms with E-state index in [2.05, 4.69) is 15.9 Å². The summed E-state index contributed by atoms with van der Waals surface area (Å²) >= 11 is 10.9. The topological polar surface area (TPSA) is 20.3 Å². The monoisotopic (exact) mass is 385 g/mol. The Morgan fingerprint density at radius 1 is 1.29 bits per heavy atom.